The zero-order valence-corrected chi connectivity index (χ0v) is 11.8. The molecule has 2 aromatic carbocycles. The average molecular weight is 323 g/mol. The molecular formula is C14H12BrFN2O. The molecule has 19 heavy (non-hydrogen) atoms. The third kappa shape index (κ3) is 3.12. The van der Waals surface area contributed by atoms with Crippen molar-refractivity contribution < 1.29 is 9.13 Å². The van der Waals surface area contributed by atoms with Gasteiger partial charge in [0.1, 0.15) is 23.2 Å². The first-order chi connectivity index (χ1) is 8.97. The van der Waals surface area contributed by atoms with E-state index < -0.39 is 5.82 Å². The molecule has 2 rings (SSSR count). The Morgan fingerprint density at radius 1 is 1.32 bits per heavy atom. The molecule has 5 heteroatoms. The van der Waals surface area contributed by atoms with Crippen molar-refractivity contribution in [1.29, 1.82) is 5.41 Å². The number of para-hydroxylation sites is 1. The maximum Gasteiger partial charge on any atom is 0.141 e. The fourth-order valence-corrected chi connectivity index (χ4v) is 2.15. The lowest BCUT2D eigenvalue weighted by molar-refractivity contribution is 0.471. The number of amidine groups is 1. The number of halogens is 2. The highest BCUT2D eigenvalue weighted by atomic mass is 79.9. The molecule has 98 valence electrons. The van der Waals surface area contributed by atoms with Crippen LogP contribution < -0.4 is 10.5 Å². The number of benzene rings is 2. The van der Waals surface area contributed by atoms with Crippen LogP contribution in [0.25, 0.3) is 0 Å². The van der Waals surface area contributed by atoms with E-state index in [0.717, 1.165) is 5.56 Å². The Kier molecular flexibility index (Phi) is 3.85. The van der Waals surface area contributed by atoms with E-state index in [-0.39, 0.29) is 5.84 Å². The molecule has 0 radical (unpaired) electrons. The lowest BCUT2D eigenvalue weighted by Crippen LogP contribution is -2.12. The van der Waals surface area contributed by atoms with Gasteiger partial charge < -0.3 is 10.5 Å². The first-order valence-electron chi connectivity index (χ1n) is 5.55. The van der Waals surface area contributed by atoms with E-state index in [1.54, 1.807) is 18.2 Å². The first kappa shape index (κ1) is 13.5. The summed E-state index contributed by atoms with van der Waals surface area (Å²) in [6.45, 7) is 1.84. The number of ether oxygens (including phenoxy) is 1. The number of rotatable bonds is 3. The summed E-state index contributed by atoms with van der Waals surface area (Å²) in [5.74, 6) is 0.327. The molecule has 0 heterocycles. The summed E-state index contributed by atoms with van der Waals surface area (Å²) >= 11 is 3.21. The van der Waals surface area contributed by atoms with Crippen molar-refractivity contribution in [3.05, 3.63) is 57.8 Å². The van der Waals surface area contributed by atoms with E-state index in [4.69, 9.17) is 15.9 Å². The lowest BCUT2D eigenvalue weighted by Gasteiger charge is -2.13. The minimum Gasteiger partial charge on any atom is -0.456 e. The molecule has 0 saturated carbocycles. The maximum atomic E-state index is 13.3. The van der Waals surface area contributed by atoms with Crippen molar-refractivity contribution in [3.63, 3.8) is 0 Å². The van der Waals surface area contributed by atoms with Gasteiger partial charge in [0.15, 0.2) is 0 Å². The summed E-state index contributed by atoms with van der Waals surface area (Å²) in [5, 5.41) is 7.54. The fraction of sp³-hybridized carbons (Fsp3) is 0.0714. The van der Waals surface area contributed by atoms with Gasteiger partial charge >= 0.3 is 0 Å². The van der Waals surface area contributed by atoms with Crippen molar-refractivity contribution in [2.24, 2.45) is 5.73 Å². The Balaban J connectivity index is 2.45. The molecule has 0 amide bonds. The topological polar surface area (TPSA) is 59.1 Å². The molecular weight excluding hydrogens is 311 g/mol. The van der Waals surface area contributed by atoms with Crippen LogP contribution in [0.4, 0.5) is 4.39 Å². The molecule has 0 fully saturated rings. The monoisotopic (exact) mass is 322 g/mol. The lowest BCUT2D eigenvalue weighted by atomic mass is 10.1. The summed E-state index contributed by atoms with van der Waals surface area (Å²) in [7, 11) is 0. The van der Waals surface area contributed by atoms with E-state index in [2.05, 4.69) is 15.9 Å². The Bertz CT molecular complexity index is 623. The molecule has 0 aliphatic carbocycles. The second kappa shape index (κ2) is 5.40. The number of hydrogen-bond donors (Lipinski definition) is 2. The second-order valence-corrected chi connectivity index (χ2v) is 4.99. The van der Waals surface area contributed by atoms with Gasteiger partial charge in [0, 0.05) is 10.5 Å². The van der Waals surface area contributed by atoms with Crippen LogP contribution in [0.2, 0.25) is 0 Å². The standard InChI is InChI=1S/C14H12BrFN2O/c1-8-3-2-4-12(14(17)18)13(8)19-11-6-9(15)5-10(16)7-11/h2-7H,1H3,(H3,17,18). The van der Waals surface area contributed by atoms with E-state index in [1.807, 2.05) is 13.0 Å². The highest BCUT2D eigenvalue weighted by molar-refractivity contribution is 9.10. The van der Waals surface area contributed by atoms with E-state index in [0.29, 0.717) is 21.5 Å². The van der Waals surface area contributed by atoms with Crippen LogP contribution in [-0.4, -0.2) is 5.84 Å². The van der Waals surface area contributed by atoms with Crippen molar-refractivity contribution in [2.45, 2.75) is 6.92 Å². The molecule has 0 saturated heterocycles. The predicted molar refractivity (Wildman–Crippen MR) is 76.4 cm³/mol. The Labute approximate surface area is 118 Å². The molecule has 0 aliphatic heterocycles. The third-order valence-electron chi connectivity index (χ3n) is 2.56. The second-order valence-electron chi connectivity index (χ2n) is 4.07. The van der Waals surface area contributed by atoms with Crippen LogP contribution >= 0.6 is 15.9 Å². The van der Waals surface area contributed by atoms with Gasteiger partial charge in [-0.15, -0.1) is 0 Å². The number of aryl methyl sites for hydroxylation is 1. The number of nitrogen functional groups attached to an aromatic ring is 1. The van der Waals surface area contributed by atoms with Gasteiger partial charge in [0.25, 0.3) is 0 Å². The van der Waals surface area contributed by atoms with E-state index in [9.17, 15) is 4.39 Å². The van der Waals surface area contributed by atoms with Crippen LogP contribution in [0.5, 0.6) is 11.5 Å². The first-order valence-corrected chi connectivity index (χ1v) is 6.34. The largest absolute Gasteiger partial charge is 0.456 e. The molecule has 0 aromatic heterocycles. The molecule has 0 spiro atoms. The number of nitrogens with two attached hydrogens (primary N) is 1. The highest BCUT2D eigenvalue weighted by Crippen LogP contribution is 2.30. The molecule has 2 aromatic rings. The van der Waals surface area contributed by atoms with Gasteiger partial charge in [0.2, 0.25) is 0 Å². The SMILES string of the molecule is Cc1cccc(C(=N)N)c1Oc1cc(F)cc(Br)c1. The molecule has 3 N–H and O–H groups in total. The normalized spacial score (nSPS) is 10.3. The van der Waals surface area contributed by atoms with E-state index in [1.165, 1.54) is 12.1 Å². The number of nitrogens with one attached hydrogen (secondary N) is 1. The van der Waals surface area contributed by atoms with Crippen LogP contribution in [0.1, 0.15) is 11.1 Å². The molecule has 0 unspecified atom stereocenters. The van der Waals surface area contributed by atoms with Crippen molar-refractivity contribution >= 4 is 21.8 Å². The van der Waals surface area contributed by atoms with Crippen LogP contribution in [-0.2, 0) is 0 Å². The van der Waals surface area contributed by atoms with Crippen molar-refractivity contribution in [3.8, 4) is 11.5 Å². The number of hydrogen-bond acceptors (Lipinski definition) is 2. The summed E-state index contributed by atoms with van der Waals surface area (Å²) < 4.78 is 19.6. The van der Waals surface area contributed by atoms with Gasteiger partial charge in [-0.1, -0.05) is 28.1 Å². The molecule has 3 nitrogen and oxygen atoms in total. The average Bonchev–Trinajstić information content (AvgIpc) is 2.30. The maximum absolute atomic E-state index is 13.3. The van der Waals surface area contributed by atoms with Gasteiger partial charge in [-0.2, -0.15) is 0 Å². The van der Waals surface area contributed by atoms with Gasteiger partial charge in [-0.3, -0.25) is 5.41 Å². The summed E-state index contributed by atoms with van der Waals surface area (Å²) in [4.78, 5) is 0. The Morgan fingerprint density at radius 2 is 2.05 bits per heavy atom. The van der Waals surface area contributed by atoms with Gasteiger partial charge in [-0.25, -0.2) is 4.39 Å². The molecule has 0 aliphatic rings. The smallest absolute Gasteiger partial charge is 0.141 e. The van der Waals surface area contributed by atoms with Crippen LogP contribution in [0, 0.1) is 18.2 Å². The Hall–Kier alpha value is -1.88. The quantitative estimate of drug-likeness (QED) is 0.663. The van der Waals surface area contributed by atoms with E-state index >= 15 is 0 Å². The third-order valence-corrected chi connectivity index (χ3v) is 3.02. The highest BCUT2D eigenvalue weighted by Gasteiger charge is 2.11. The Morgan fingerprint density at radius 3 is 2.68 bits per heavy atom. The van der Waals surface area contributed by atoms with Crippen LogP contribution in [0.3, 0.4) is 0 Å². The van der Waals surface area contributed by atoms with Crippen molar-refractivity contribution in [1.82, 2.24) is 0 Å². The molecule has 0 atom stereocenters. The summed E-state index contributed by atoms with van der Waals surface area (Å²) in [5.41, 5.74) is 6.83. The summed E-state index contributed by atoms with van der Waals surface area (Å²) in [6, 6.07) is 9.60. The fourth-order valence-electron chi connectivity index (χ4n) is 1.71. The minimum atomic E-state index is -0.401. The van der Waals surface area contributed by atoms with Crippen molar-refractivity contribution in [2.75, 3.05) is 0 Å². The predicted octanol–water partition coefficient (Wildman–Crippen LogP) is 3.97. The summed E-state index contributed by atoms with van der Waals surface area (Å²) in [6.07, 6.45) is 0. The minimum absolute atomic E-state index is 0.0887. The van der Waals surface area contributed by atoms with Crippen LogP contribution in [0.15, 0.2) is 40.9 Å². The molecule has 0 bridgehead atoms. The van der Waals surface area contributed by atoms with Gasteiger partial charge in [-0.05, 0) is 30.7 Å². The zero-order valence-electron chi connectivity index (χ0n) is 10.2. The van der Waals surface area contributed by atoms with Gasteiger partial charge in [0.05, 0.1) is 5.56 Å². The zero-order chi connectivity index (χ0) is 14.0.